The van der Waals surface area contributed by atoms with E-state index in [0.717, 1.165) is 72.2 Å². The summed E-state index contributed by atoms with van der Waals surface area (Å²) < 4.78 is 13.0. The smallest absolute Gasteiger partial charge is 0.182 e. The molecule has 0 fully saturated rings. The van der Waals surface area contributed by atoms with Gasteiger partial charge >= 0.3 is 0 Å². The number of hydrogen-bond donors (Lipinski definition) is 0. The molecule has 5 aromatic heterocycles. The highest BCUT2D eigenvalue weighted by molar-refractivity contribution is 6.26. The molecule has 0 radical (unpaired) electrons. The zero-order valence-electron chi connectivity index (χ0n) is 30.9. The summed E-state index contributed by atoms with van der Waals surface area (Å²) in [7, 11) is 0. The molecule has 0 atom stereocenters. The van der Waals surface area contributed by atoms with Crippen molar-refractivity contribution in [1.29, 1.82) is 0 Å². The largest absolute Gasteiger partial charge is 0.456 e. The quantitative estimate of drug-likeness (QED) is 0.180. The van der Waals surface area contributed by atoms with Crippen LogP contribution in [0.1, 0.15) is 0 Å². The first kappa shape index (κ1) is 31.2. The molecule has 0 aliphatic carbocycles. The van der Waals surface area contributed by atoms with E-state index in [1.807, 2.05) is 47.0 Å². The summed E-state index contributed by atoms with van der Waals surface area (Å²) in [4.78, 5) is 10.4. The second kappa shape index (κ2) is 11.7. The Morgan fingerprint density at radius 3 is 1.98 bits per heavy atom. The molecule has 7 nitrogen and oxygen atoms in total. The van der Waals surface area contributed by atoms with Gasteiger partial charge in [-0.1, -0.05) is 109 Å². The lowest BCUT2D eigenvalue weighted by Gasteiger charge is -2.11. The summed E-state index contributed by atoms with van der Waals surface area (Å²) in [5.41, 5.74) is 13.5. The van der Waals surface area contributed by atoms with E-state index in [2.05, 4.69) is 149 Å². The van der Waals surface area contributed by atoms with Crippen LogP contribution in [0.5, 0.6) is 0 Å². The van der Waals surface area contributed by atoms with E-state index in [1.54, 1.807) is 0 Å². The lowest BCUT2D eigenvalue weighted by atomic mass is 10.1. The van der Waals surface area contributed by atoms with Crippen LogP contribution in [0.2, 0.25) is 0 Å². The minimum absolute atomic E-state index is 0.623. The number of furan rings is 1. The average molecular weight is 743 g/mol. The van der Waals surface area contributed by atoms with E-state index in [4.69, 9.17) is 19.5 Å². The Labute approximate surface area is 330 Å². The zero-order valence-corrected chi connectivity index (χ0v) is 30.9. The number of aromatic nitrogens is 6. The fraction of sp³-hybridized carbons (Fsp3) is 0. The van der Waals surface area contributed by atoms with Gasteiger partial charge in [0, 0.05) is 54.8 Å². The van der Waals surface area contributed by atoms with Gasteiger partial charge in [-0.2, -0.15) is 0 Å². The summed E-state index contributed by atoms with van der Waals surface area (Å²) in [5, 5.41) is 12.2. The van der Waals surface area contributed by atoms with Crippen molar-refractivity contribution in [3.63, 3.8) is 0 Å². The minimum atomic E-state index is 0.623. The Hall–Kier alpha value is -8.03. The fourth-order valence-corrected chi connectivity index (χ4v) is 9.15. The Balaban J connectivity index is 1.04. The van der Waals surface area contributed by atoms with Gasteiger partial charge in [-0.25, -0.2) is 14.5 Å². The molecule has 0 bridgehead atoms. The number of para-hydroxylation sites is 6. The Morgan fingerprint density at radius 2 is 1.10 bits per heavy atom. The molecule has 0 saturated carbocycles. The van der Waals surface area contributed by atoms with Crippen molar-refractivity contribution in [2.45, 2.75) is 0 Å². The fourth-order valence-electron chi connectivity index (χ4n) is 9.15. The molecule has 0 saturated heterocycles. The van der Waals surface area contributed by atoms with Gasteiger partial charge in [-0.15, -0.1) is 5.10 Å². The molecule has 13 rings (SSSR count). The average Bonchev–Trinajstić information content (AvgIpc) is 4.06. The molecule has 58 heavy (non-hydrogen) atoms. The van der Waals surface area contributed by atoms with Crippen LogP contribution in [0.4, 0.5) is 0 Å². The Bertz CT molecular complexity index is 3810. The van der Waals surface area contributed by atoms with Crippen LogP contribution in [-0.4, -0.2) is 28.7 Å². The predicted molar refractivity (Wildman–Crippen MR) is 235 cm³/mol. The second-order valence-corrected chi connectivity index (χ2v) is 14.9. The van der Waals surface area contributed by atoms with Gasteiger partial charge in [0.15, 0.2) is 11.5 Å². The third-order valence-corrected chi connectivity index (χ3v) is 11.7. The summed E-state index contributed by atoms with van der Waals surface area (Å²) in [5.74, 6) is 0.623. The lowest BCUT2D eigenvalue weighted by molar-refractivity contribution is 0.669. The van der Waals surface area contributed by atoms with Crippen LogP contribution < -0.4 is 0 Å². The summed E-state index contributed by atoms with van der Waals surface area (Å²) in [6.45, 7) is 0. The lowest BCUT2D eigenvalue weighted by Crippen LogP contribution is -1.97. The number of hydrogen-bond acceptors (Lipinski definition) is 4. The molecule has 7 heteroatoms. The first-order valence-electron chi connectivity index (χ1n) is 19.5. The molecule has 0 aliphatic heterocycles. The van der Waals surface area contributed by atoms with Gasteiger partial charge < -0.3 is 13.6 Å². The zero-order chi connectivity index (χ0) is 37.9. The first-order valence-corrected chi connectivity index (χ1v) is 19.5. The predicted octanol–water partition coefficient (Wildman–Crippen LogP) is 12.7. The van der Waals surface area contributed by atoms with Gasteiger partial charge in [-0.3, -0.25) is 0 Å². The van der Waals surface area contributed by atoms with Crippen molar-refractivity contribution in [1.82, 2.24) is 28.7 Å². The SMILES string of the molecule is c1ccc(-n2c3ccccc3c3c2ccc2c4ccccc4n(-c4cccc(-c5nc6c(-c7ccc8c(c7)oc7ccccc78)nc7ccccc7n6n5)c4)c23)cc1. The van der Waals surface area contributed by atoms with Gasteiger partial charge in [-0.05, 0) is 72.8 Å². The van der Waals surface area contributed by atoms with Crippen molar-refractivity contribution >= 4 is 82.2 Å². The summed E-state index contributed by atoms with van der Waals surface area (Å²) >= 11 is 0. The third-order valence-electron chi connectivity index (χ3n) is 11.7. The molecule has 0 spiro atoms. The molecule has 13 aromatic rings. The van der Waals surface area contributed by atoms with Crippen LogP contribution >= 0.6 is 0 Å². The van der Waals surface area contributed by atoms with E-state index in [1.165, 1.54) is 32.6 Å². The van der Waals surface area contributed by atoms with Crippen LogP contribution in [-0.2, 0) is 0 Å². The van der Waals surface area contributed by atoms with E-state index >= 15 is 0 Å². The molecule has 5 heterocycles. The third kappa shape index (κ3) is 4.35. The van der Waals surface area contributed by atoms with Crippen LogP contribution in [0.3, 0.4) is 0 Å². The van der Waals surface area contributed by atoms with E-state index in [9.17, 15) is 0 Å². The maximum absolute atomic E-state index is 6.30. The highest BCUT2D eigenvalue weighted by atomic mass is 16.3. The molecule has 8 aromatic carbocycles. The summed E-state index contributed by atoms with van der Waals surface area (Å²) in [6.07, 6.45) is 0. The molecular formula is C51H30N6O. The van der Waals surface area contributed by atoms with Crippen molar-refractivity contribution in [3.8, 4) is 34.0 Å². The van der Waals surface area contributed by atoms with Crippen LogP contribution in [0.15, 0.2) is 186 Å². The van der Waals surface area contributed by atoms with Crippen LogP contribution in [0.25, 0.3) is 116 Å². The molecular weight excluding hydrogens is 713 g/mol. The number of benzene rings is 8. The number of nitrogens with zero attached hydrogens (tertiary/aromatic N) is 6. The van der Waals surface area contributed by atoms with E-state index < -0.39 is 0 Å². The highest BCUT2D eigenvalue weighted by Gasteiger charge is 2.22. The molecule has 270 valence electrons. The van der Waals surface area contributed by atoms with Crippen molar-refractivity contribution in [2.75, 3.05) is 0 Å². The maximum atomic E-state index is 6.30. The first-order chi connectivity index (χ1) is 28.8. The topological polar surface area (TPSA) is 66.1 Å². The standard InChI is InChI=1S/C51H30N6O/c1-2-14-33(15-3-1)55-42-22-9-5-19-39(42)47-44(55)28-27-38-35-17-4-8-21-41(35)56(49(38)47)34-16-12-13-32(29-34)50-53-51-48(52-40-20-7-10-23-43(40)57(51)54-50)31-25-26-37-36-18-6-11-24-45(36)58-46(37)30-31/h1-30H. The van der Waals surface area contributed by atoms with Crippen molar-refractivity contribution < 1.29 is 4.42 Å². The Kier molecular flexibility index (Phi) is 6.32. The van der Waals surface area contributed by atoms with Gasteiger partial charge in [0.2, 0.25) is 0 Å². The van der Waals surface area contributed by atoms with Crippen molar-refractivity contribution in [2.24, 2.45) is 0 Å². The minimum Gasteiger partial charge on any atom is -0.456 e. The normalized spacial score (nSPS) is 12.1. The van der Waals surface area contributed by atoms with Crippen molar-refractivity contribution in [3.05, 3.63) is 182 Å². The molecule has 0 N–H and O–H groups in total. The number of rotatable bonds is 4. The molecule has 0 aliphatic rings. The maximum Gasteiger partial charge on any atom is 0.182 e. The highest BCUT2D eigenvalue weighted by Crippen LogP contribution is 2.42. The van der Waals surface area contributed by atoms with Crippen LogP contribution in [0, 0.1) is 0 Å². The molecule has 0 amide bonds. The Morgan fingerprint density at radius 1 is 0.414 bits per heavy atom. The van der Waals surface area contributed by atoms with Gasteiger partial charge in [0.1, 0.15) is 16.9 Å². The van der Waals surface area contributed by atoms with E-state index in [0.29, 0.717) is 11.5 Å². The summed E-state index contributed by atoms with van der Waals surface area (Å²) in [6, 6.07) is 63.8. The monoisotopic (exact) mass is 742 g/mol. The number of fused-ring (bicyclic) bond motifs is 13. The second-order valence-electron chi connectivity index (χ2n) is 14.9. The van der Waals surface area contributed by atoms with Gasteiger partial charge in [0.05, 0.1) is 33.1 Å². The van der Waals surface area contributed by atoms with Gasteiger partial charge in [0.25, 0.3) is 0 Å². The molecule has 0 unspecified atom stereocenters. The van der Waals surface area contributed by atoms with E-state index in [-0.39, 0.29) is 0 Å².